The first-order valence-electron chi connectivity index (χ1n) is 13.8. The summed E-state index contributed by atoms with van der Waals surface area (Å²) in [5, 5.41) is 10.3. The first kappa shape index (κ1) is 27.0. The molecule has 0 saturated carbocycles. The zero-order valence-corrected chi connectivity index (χ0v) is 23.8. The summed E-state index contributed by atoms with van der Waals surface area (Å²) < 4.78 is -1.53. The van der Waals surface area contributed by atoms with Crippen molar-refractivity contribution in [2.45, 2.75) is 69.0 Å². The quantitative estimate of drug-likeness (QED) is 0.562. The van der Waals surface area contributed by atoms with E-state index in [4.69, 9.17) is 0 Å². The van der Waals surface area contributed by atoms with Gasteiger partial charge in [-0.05, 0) is 44.7 Å². The SMILES string of the molecule is CCCN1CC=C[C@]2(C)S[C@]34C=CCN(c5c(C)cccc5C)C(=O)C3N([C@@H](CC)CO)C(=O)[C@@H]4[C@@H]2C1=O. The van der Waals surface area contributed by atoms with E-state index in [0.29, 0.717) is 26.1 Å². The predicted molar refractivity (Wildman–Crippen MR) is 151 cm³/mol. The standard InChI is InChI=1S/C30H39N3O4S/c1-6-15-31-16-9-13-29(5)22(26(31)35)23-27(36)33(21(7-2)18-34)25-28(37)32(17-10-14-30(23,25)38-29)24-19(3)11-8-12-20(24)4/h8-14,21-23,25,34H,6-7,15-18H2,1-5H3/t21-,22+,23-,25?,29-,30-/m0/s1. The number of amides is 3. The van der Waals surface area contributed by atoms with Crippen molar-refractivity contribution in [2.24, 2.45) is 11.8 Å². The fourth-order valence-electron chi connectivity index (χ4n) is 7.22. The van der Waals surface area contributed by atoms with Gasteiger partial charge in [-0.3, -0.25) is 14.4 Å². The molecule has 6 atom stereocenters. The van der Waals surface area contributed by atoms with Crippen LogP contribution in [0.15, 0.2) is 42.5 Å². The highest BCUT2D eigenvalue weighted by Gasteiger charge is 2.74. The molecule has 1 N–H and O–H groups in total. The highest BCUT2D eigenvalue weighted by Crippen LogP contribution is 2.66. The maximum Gasteiger partial charge on any atom is 0.251 e. The average molecular weight is 538 g/mol. The van der Waals surface area contributed by atoms with Gasteiger partial charge in [0.25, 0.3) is 5.91 Å². The summed E-state index contributed by atoms with van der Waals surface area (Å²) in [5.74, 6) is -1.63. The summed E-state index contributed by atoms with van der Waals surface area (Å²) in [7, 11) is 0. The van der Waals surface area contributed by atoms with Gasteiger partial charge in [0, 0.05) is 30.1 Å². The van der Waals surface area contributed by atoms with Crippen LogP contribution in [0.1, 0.15) is 44.7 Å². The molecule has 4 aliphatic heterocycles. The molecule has 38 heavy (non-hydrogen) atoms. The van der Waals surface area contributed by atoms with E-state index in [0.717, 1.165) is 23.2 Å². The maximum atomic E-state index is 14.7. The molecule has 1 aromatic rings. The van der Waals surface area contributed by atoms with Crippen molar-refractivity contribution in [3.63, 3.8) is 0 Å². The molecule has 0 bridgehead atoms. The zero-order chi connectivity index (χ0) is 27.4. The minimum absolute atomic E-state index is 0.0172. The van der Waals surface area contributed by atoms with E-state index < -0.39 is 33.4 Å². The molecule has 1 unspecified atom stereocenters. The van der Waals surface area contributed by atoms with Crippen LogP contribution in [0.2, 0.25) is 0 Å². The van der Waals surface area contributed by atoms with E-state index in [1.165, 1.54) is 0 Å². The molecule has 204 valence electrons. The molecule has 0 aromatic heterocycles. The van der Waals surface area contributed by atoms with Gasteiger partial charge < -0.3 is 19.8 Å². The molecule has 3 amide bonds. The zero-order valence-electron chi connectivity index (χ0n) is 23.0. The fraction of sp³-hybridized carbons (Fsp3) is 0.567. The number of hydrogen-bond donors (Lipinski definition) is 1. The largest absolute Gasteiger partial charge is 0.394 e. The number of thioether (sulfide) groups is 1. The number of nitrogens with zero attached hydrogens (tertiary/aromatic N) is 3. The minimum atomic E-state index is -0.906. The van der Waals surface area contributed by atoms with Crippen molar-refractivity contribution in [3.05, 3.63) is 53.6 Å². The number of hydrogen-bond acceptors (Lipinski definition) is 5. The fourth-order valence-corrected chi connectivity index (χ4v) is 9.37. The second-order valence-corrected chi connectivity index (χ2v) is 13.1. The Morgan fingerprint density at radius 3 is 2.32 bits per heavy atom. The molecular formula is C30H39N3O4S. The van der Waals surface area contributed by atoms with E-state index in [-0.39, 0.29) is 24.3 Å². The first-order valence-corrected chi connectivity index (χ1v) is 14.6. The summed E-state index contributed by atoms with van der Waals surface area (Å²) in [6, 6.07) is 4.66. The second kappa shape index (κ2) is 9.87. The number of aliphatic hydroxyl groups is 1. The van der Waals surface area contributed by atoms with Crippen LogP contribution in [0.3, 0.4) is 0 Å². The van der Waals surface area contributed by atoms with Crippen LogP contribution in [-0.4, -0.2) is 80.4 Å². The molecule has 5 rings (SSSR count). The summed E-state index contributed by atoms with van der Waals surface area (Å²) in [6.07, 6.45) is 9.54. The average Bonchev–Trinajstić information content (AvgIpc) is 3.15. The molecule has 8 heteroatoms. The third kappa shape index (κ3) is 3.78. The Labute approximate surface area is 229 Å². The molecule has 1 aromatic carbocycles. The summed E-state index contributed by atoms with van der Waals surface area (Å²) >= 11 is 1.59. The van der Waals surface area contributed by atoms with Crippen LogP contribution in [0.4, 0.5) is 5.69 Å². The van der Waals surface area contributed by atoms with Gasteiger partial charge in [-0.25, -0.2) is 0 Å². The van der Waals surface area contributed by atoms with E-state index in [1.54, 1.807) is 21.6 Å². The Hall–Kier alpha value is -2.58. The Balaban J connectivity index is 1.69. The lowest BCUT2D eigenvalue weighted by molar-refractivity contribution is -0.145. The molecule has 0 aliphatic carbocycles. The second-order valence-electron chi connectivity index (χ2n) is 11.3. The Bertz CT molecular complexity index is 1190. The van der Waals surface area contributed by atoms with Crippen molar-refractivity contribution in [1.29, 1.82) is 0 Å². The highest BCUT2D eigenvalue weighted by atomic mass is 32.2. The van der Waals surface area contributed by atoms with Gasteiger partial charge in [-0.15, -0.1) is 11.8 Å². The van der Waals surface area contributed by atoms with Crippen molar-refractivity contribution in [1.82, 2.24) is 9.80 Å². The lowest BCUT2D eigenvalue weighted by Crippen LogP contribution is -2.57. The molecule has 7 nitrogen and oxygen atoms in total. The van der Waals surface area contributed by atoms with E-state index in [9.17, 15) is 19.5 Å². The predicted octanol–water partition coefficient (Wildman–Crippen LogP) is 3.47. The van der Waals surface area contributed by atoms with Crippen molar-refractivity contribution < 1.29 is 19.5 Å². The lowest BCUT2D eigenvalue weighted by atomic mass is 9.74. The number of aryl methyl sites for hydroxylation is 2. The maximum absolute atomic E-state index is 14.7. The monoisotopic (exact) mass is 537 g/mol. The molecule has 1 spiro atoms. The van der Waals surface area contributed by atoms with Crippen LogP contribution in [-0.2, 0) is 14.4 Å². The Kier molecular flexibility index (Phi) is 7.01. The molecule has 0 radical (unpaired) electrons. The van der Waals surface area contributed by atoms with Crippen LogP contribution in [0.5, 0.6) is 0 Å². The number of fused-ring (bicyclic) bond motifs is 2. The Morgan fingerprint density at radius 1 is 1.00 bits per heavy atom. The highest BCUT2D eigenvalue weighted by molar-refractivity contribution is 8.02. The van der Waals surface area contributed by atoms with Crippen molar-refractivity contribution in [3.8, 4) is 0 Å². The smallest absolute Gasteiger partial charge is 0.251 e. The summed E-state index contributed by atoms with van der Waals surface area (Å²) in [6.45, 7) is 11.3. The number of rotatable bonds is 6. The minimum Gasteiger partial charge on any atom is -0.394 e. The third-order valence-electron chi connectivity index (χ3n) is 8.86. The van der Waals surface area contributed by atoms with E-state index in [2.05, 4.69) is 6.08 Å². The van der Waals surface area contributed by atoms with Gasteiger partial charge in [0.1, 0.15) is 6.04 Å². The number of carbonyl (C=O) groups is 3. The van der Waals surface area contributed by atoms with E-state index in [1.807, 2.05) is 75.9 Å². The molecule has 2 saturated heterocycles. The topological polar surface area (TPSA) is 81.2 Å². The van der Waals surface area contributed by atoms with Gasteiger partial charge in [0.15, 0.2) is 0 Å². The van der Waals surface area contributed by atoms with Gasteiger partial charge in [0.2, 0.25) is 11.8 Å². The number of aliphatic hydroxyl groups excluding tert-OH is 1. The molecule has 2 fully saturated rings. The number of carbonyl (C=O) groups excluding carboxylic acids is 3. The summed E-state index contributed by atoms with van der Waals surface area (Å²) in [4.78, 5) is 48.5. The van der Waals surface area contributed by atoms with Gasteiger partial charge in [0.05, 0.1) is 29.2 Å². The third-order valence-corrected chi connectivity index (χ3v) is 10.7. The molecule has 4 heterocycles. The van der Waals surface area contributed by atoms with Crippen molar-refractivity contribution in [2.75, 3.05) is 31.1 Å². The van der Waals surface area contributed by atoms with Gasteiger partial charge >= 0.3 is 0 Å². The number of likely N-dealkylation sites (tertiary alicyclic amines) is 1. The summed E-state index contributed by atoms with van der Waals surface area (Å²) in [5.41, 5.74) is 2.85. The van der Waals surface area contributed by atoms with E-state index >= 15 is 0 Å². The number of benzene rings is 1. The first-order chi connectivity index (χ1) is 18.1. The van der Waals surface area contributed by atoms with Crippen molar-refractivity contribution >= 4 is 35.2 Å². The van der Waals surface area contributed by atoms with Crippen LogP contribution in [0, 0.1) is 25.7 Å². The van der Waals surface area contributed by atoms with Gasteiger partial charge in [-0.1, -0.05) is 56.4 Å². The Morgan fingerprint density at radius 2 is 1.68 bits per heavy atom. The van der Waals surface area contributed by atoms with Crippen LogP contribution >= 0.6 is 11.8 Å². The lowest BCUT2D eigenvalue weighted by Gasteiger charge is -2.40. The number of para-hydroxylation sites is 1. The van der Waals surface area contributed by atoms with Crippen LogP contribution < -0.4 is 4.90 Å². The normalized spacial score (nSPS) is 33.3. The van der Waals surface area contributed by atoms with Crippen LogP contribution in [0.25, 0.3) is 0 Å². The van der Waals surface area contributed by atoms with Gasteiger partial charge in [-0.2, -0.15) is 0 Å². The molecular weight excluding hydrogens is 498 g/mol. The molecule has 4 aliphatic rings. The number of anilines is 1.